The molecule has 0 aliphatic carbocycles. The lowest BCUT2D eigenvalue weighted by Crippen LogP contribution is -1.97. The summed E-state index contributed by atoms with van der Waals surface area (Å²) < 4.78 is 23.7. The SMILES string of the molecule is C=CS(=O)(=O)c1ccc(Nc2cc3c(C#Cc4ccc(C#N)cc4)nccc3cn2)cc1. The molecule has 0 radical (unpaired) electrons. The van der Waals surface area contributed by atoms with Crippen LogP contribution in [-0.4, -0.2) is 18.4 Å². The largest absolute Gasteiger partial charge is 0.340 e. The summed E-state index contributed by atoms with van der Waals surface area (Å²) in [4.78, 5) is 8.99. The molecule has 7 heteroatoms. The Morgan fingerprint density at radius 3 is 2.34 bits per heavy atom. The van der Waals surface area contributed by atoms with Crippen LogP contribution in [-0.2, 0) is 9.84 Å². The summed E-state index contributed by atoms with van der Waals surface area (Å²) in [5.41, 5.74) is 2.65. The van der Waals surface area contributed by atoms with Gasteiger partial charge in [0, 0.05) is 39.8 Å². The number of anilines is 2. The average molecular weight is 436 g/mol. The number of nitrogens with one attached hydrogen (secondary N) is 1. The van der Waals surface area contributed by atoms with Crippen molar-refractivity contribution in [3.8, 4) is 17.9 Å². The predicted octanol–water partition coefficient (Wildman–Crippen LogP) is 4.56. The standard InChI is InChI=1S/C25H16N4O2S/c1-2-32(30,31)22-10-8-21(9-11-22)29-25-15-23-20(17-28-25)13-14-27-24(23)12-7-18-3-5-19(16-26)6-4-18/h2-6,8-11,13-15,17H,1H2,(H,28,29). The van der Waals surface area contributed by atoms with E-state index in [4.69, 9.17) is 5.26 Å². The Morgan fingerprint density at radius 1 is 0.938 bits per heavy atom. The van der Waals surface area contributed by atoms with Crippen LogP contribution in [0.2, 0.25) is 0 Å². The van der Waals surface area contributed by atoms with Gasteiger partial charge >= 0.3 is 0 Å². The van der Waals surface area contributed by atoms with Crippen molar-refractivity contribution in [3.63, 3.8) is 0 Å². The van der Waals surface area contributed by atoms with Gasteiger partial charge in [-0.05, 0) is 66.6 Å². The summed E-state index contributed by atoms with van der Waals surface area (Å²) in [6.07, 6.45) is 3.40. The first-order valence-electron chi connectivity index (χ1n) is 9.50. The average Bonchev–Trinajstić information content (AvgIpc) is 2.83. The topological polar surface area (TPSA) is 95.7 Å². The van der Waals surface area contributed by atoms with Crippen molar-refractivity contribution in [1.82, 2.24) is 9.97 Å². The highest BCUT2D eigenvalue weighted by molar-refractivity contribution is 7.94. The van der Waals surface area contributed by atoms with E-state index in [0.29, 0.717) is 22.8 Å². The molecule has 32 heavy (non-hydrogen) atoms. The summed E-state index contributed by atoms with van der Waals surface area (Å²) in [6, 6.07) is 19.2. The van der Waals surface area contributed by atoms with Gasteiger partial charge in [-0.2, -0.15) is 5.26 Å². The van der Waals surface area contributed by atoms with Crippen LogP contribution in [0.1, 0.15) is 16.8 Å². The van der Waals surface area contributed by atoms with Gasteiger partial charge in [-0.25, -0.2) is 18.4 Å². The molecule has 0 unspecified atom stereocenters. The molecule has 0 atom stereocenters. The smallest absolute Gasteiger partial charge is 0.199 e. The van der Waals surface area contributed by atoms with Crippen molar-refractivity contribution >= 4 is 32.1 Å². The predicted molar refractivity (Wildman–Crippen MR) is 124 cm³/mol. The molecule has 6 nitrogen and oxygen atoms in total. The van der Waals surface area contributed by atoms with E-state index < -0.39 is 9.84 Å². The first-order chi connectivity index (χ1) is 15.5. The third-order valence-corrected chi connectivity index (χ3v) is 6.03. The van der Waals surface area contributed by atoms with Gasteiger partial charge in [-0.1, -0.05) is 12.5 Å². The molecule has 0 saturated carbocycles. The maximum absolute atomic E-state index is 11.9. The fourth-order valence-electron chi connectivity index (χ4n) is 2.96. The lowest BCUT2D eigenvalue weighted by molar-refractivity contribution is 0.605. The van der Waals surface area contributed by atoms with Gasteiger partial charge in [-0.15, -0.1) is 0 Å². The molecule has 4 aromatic rings. The zero-order valence-corrected chi connectivity index (χ0v) is 17.6. The van der Waals surface area contributed by atoms with Crippen molar-refractivity contribution in [1.29, 1.82) is 5.26 Å². The Bertz CT molecular complexity index is 1520. The fourth-order valence-corrected chi connectivity index (χ4v) is 3.67. The van der Waals surface area contributed by atoms with Gasteiger partial charge < -0.3 is 5.32 Å². The minimum atomic E-state index is -3.47. The van der Waals surface area contributed by atoms with Crippen LogP contribution in [0.25, 0.3) is 10.8 Å². The molecule has 0 fully saturated rings. The second kappa shape index (κ2) is 8.73. The van der Waals surface area contributed by atoms with Gasteiger partial charge in [0.1, 0.15) is 11.5 Å². The highest BCUT2D eigenvalue weighted by atomic mass is 32.2. The van der Waals surface area contributed by atoms with Gasteiger partial charge in [-0.3, -0.25) is 0 Å². The molecule has 2 heterocycles. The summed E-state index contributed by atoms with van der Waals surface area (Å²) >= 11 is 0. The zero-order chi connectivity index (χ0) is 22.6. The Balaban J connectivity index is 1.63. The zero-order valence-electron chi connectivity index (χ0n) is 16.8. The van der Waals surface area contributed by atoms with Crippen molar-refractivity contribution in [2.24, 2.45) is 0 Å². The number of nitriles is 1. The first-order valence-corrected chi connectivity index (χ1v) is 11.0. The minimum absolute atomic E-state index is 0.175. The first kappa shape index (κ1) is 20.8. The van der Waals surface area contributed by atoms with E-state index in [1.807, 2.05) is 12.1 Å². The van der Waals surface area contributed by atoms with E-state index in [-0.39, 0.29) is 4.90 Å². The normalized spacial score (nSPS) is 10.6. The molecule has 2 aromatic heterocycles. The lowest BCUT2D eigenvalue weighted by Gasteiger charge is -2.08. The number of hydrogen-bond donors (Lipinski definition) is 1. The van der Waals surface area contributed by atoms with Gasteiger partial charge in [0.15, 0.2) is 9.84 Å². The van der Waals surface area contributed by atoms with Crippen molar-refractivity contribution in [3.05, 3.63) is 102 Å². The van der Waals surface area contributed by atoms with Crippen LogP contribution in [0, 0.1) is 23.2 Å². The number of rotatable bonds is 4. The van der Waals surface area contributed by atoms with E-state index in [0.717, 1.165) is 21.7 Å². The third kappa shape index (κ3) is 4.49. The van der Waals surface area contributed by atoms with Crippen LogP contribution < -0.4 is 5.32 Å². The number of aromatic nitrogens is 2. The summed E-state index contributed by atoms with van der Waals surface area (Å²) in [7, 11) is -3.47. The molecule has 0 saturated heterocycles. The lowest BCUT2D eigenvalue weighted by atomic mass is 10.1. The van der Waals surface area contributed by atoms with E-state index in [2.05, 4.69) is 39.8 Å². The maximum Gasteiger partial charge on any atom is 0.199 e. The Morgan fingerprint density at radius 2 is 1.66 bits per heavy atom. The molecular formula is C25H16N4O2S. The molecule has 0 amide bonds. The minimum Gasteiger partial charge on any atom is -0.340 e. The van der Waals surface area contributed by atoms with E-state index >= 15 is 0 Å². The highest BCUT2D eigenvalue weighted by Gasteiger charge is 2.09. The van der Waals surface area contributed by atoms with Crippen LogP contribution in [0.4, 0.5) is 11.5 Å². The molecule has 2 aromatic carbocycles. The van der Waals surface area contributed by atoms with Crippen molar-refractivity contribution in [2.75, 3.05) is 5.32 Å². The summed E-state index contributed by atoms with van der Waals surface area (Å²) in [5.74, 6) is 6.73. The maximum atomic E-state index is 11.9. The molecule has 0 bridgehead atoms. The molecule has 1 N–H and O–H groups in total. The summed E-state index contributed by atoms with van der Waals surface area (Å²) in [6.45, 7) is 3.33. The number of sulfone groups is 1. The van der Waals surface area contributed by atoms with E-state index in [1.165, 1.54) is 12.1 Å². The number of fused-ring (bicyclic) bond motifs is 1. The molecule has 154 valence electrons. The molecule has 0 spiro atoms. The van der Waals surface area contributed by atoms with E-state index in [9.17, 15) is 8.42 Å². The monoisotopic (exact) mass is 436 g/mol. The number of hydrogen-bond acceptors (Lipinski definition) is 6. The molecule has 4 rings (SSSR count). The number of pyridine rings is 2. The van der Waals surface area contributed by atoms with Gasteiger partial charge in [0.2, 0.25) is 0 Å². The van der Waals surface area contributed by atoms with Crippen LogP contribution in [0.15, 0.2) is 89.9 Å². The van der Waals surface area contributed by atoms with Crippen LogP contribution in [0.5, 0.6) is 0 Å². The third-order valence-electron chi connectivity index (χ3n) is 4.66. The van der Waals surface area contributed by atoms with Gasteiger partial charge in [0.05, 0.1) is 16.5 Å². The number of benzene rings is 2. The number of nitrogens with zero attached hydrogens (tertiary/aromatic N) is 3. The Hall–Kier alpha value is -4.46. The van der Waals surface area contributed by atoms with Crippen molar-refractivity contribution in [2.45, 2.75) is 4.90 Å². The van der Waals surface area contributed by atoms with Crippen molar-refractivity contribution < 1.29 is 8.42 Å². The quantitative estimate of drug-likeness (QED) is 0.471. The second-order valence-corrected chi connectivity index (χ2v) is 8.65. The van der Waals surface area contributed by atoms with Crippen LogP contribution >= 0.6 is 0 Å². The molecular weight excluding hydrogens is 420 g/mol. The molecule has 0 aliphatic rings. The molecule has 0 aliphatic heterocycles. The fraction of sp³-hybridized carbons (Fsp3) is 0. The Kier molecular flexibility index (Phi) is 5.67. The Labute approximate surface area is 185 Å². The highest BCUT2D eigenvalue weighted by Crippen LogP contribution is 2.23. The summed E-state index contributed by atoms with van der Waals surface area (Å²) in [5, 5.41) is 14.7. The second-order valence-electron chi connectivity index (χ2n) is 6.75. The van der Waals surface area contributed by atoms with Crippen LogP contribution in [0.3, 0.4) is 0 Å². The van der Waals surface area contributed by atoms with E-state index in [1.54, 1.807) is 48.8 Å². The van der Waals surface area contributed by atoms with Gasteiger partial charge in [0.25, 0.3) is 0 Å².